The molecule has 0 aliphatic rings. The Hall–Kier alpha value is -0.710. The van der Waals surface area contributed by atoms with E-state index in [2.05, 4.69) is 0 Å². The van der Waals surface area contributed by atoms with E-state index in [1.807, 2.05) is 31.2 Å². The predicted octanol–water partition coefficient (Wildman–Crippen LogP) is 0.563. The Kier molecular flexibility index (Phi) is 4.94. The molecule has 0 saturated carbocycles. The fourth-order valence-corrected chi connectivity index (χ4v) is 2.56. The largest absolute Gasteiger partial charge is 0.391 e. The molecule has 1 aromatic rings. The fraction of sp³-hybridized carbons (Fsp3) is 0.455. The van der Waals surface area contributed by atoms with E-state index in [0.717, 1.165) is 11.1 Å². The number of aliphatic hydroxyl groups excluding tert-OH is 1. The van der Waals surface area contributed by atoms with Crippen molar-refractivity contribution in [1.82, 2.24) is 0 Å². The van der Waals surface area contributed by atoms with Gasteiger partial charge in [-0.2, -0.15) is 0 Å². The van der Waals surface area contributed by atoms with E-state index in [4.69, 9.17) is 5.73 Å². The number of rotatable bonds is 5. The molecule has 3 N–H and O–H groups in total. The molecule has 1 rings (SSSR count). The summed E-state index contributed by atoms with van der Waals surface area (Å²) in [5, 5.41) is 9.24. The van der Waals surface area contributed by atoms with Crippen LogP contribution < -0.4 is 5.73 Å². The normalized spacial score (nSPS) is 14.9. The first-order valence-electron chi connectivity index (χ1n) is 4.90. The van der Waals surface area contributed by atoms with Crippen molar-refractivity contribution in [2.75, 3.05) is 12.3 Å². The summed E-state index contributed by atoms with van der Waals surface area (Å²) in [6.45, 7) is 2.17. The van der Waals surface area contributed by atoms with Gasteiger partial charge in [0.25, 0.3) is 0 Å². The molecule has 0 aromatic heterocycles. The zero-order valence-electron chi connectivity index (χ0n) is 8.85. The molecule has 0 radical (unpaired) electrons. The third kappa shape index (κ3) is 4.55. The summed E-state index contributed by atoms with van der Waals surface area (Å²) < 4.78 is 11.6. The summed E-state index contributed by atoms with van der Waals surface area (Å²) in [6, 6.07) is 7.90. The maximum atomic E-state index is 11.6. The number of aliphatic hydroxyl groups is 1. The first kappa shape index (κ1) is 12.4. The Morgan fingerprint density at radius 2 is 2.27 bits per heavy atom. The van der Waals surface area contributed by atoms with Gasteiger partial charge in [-0.15, -0.1) is 0 Å². The van der Waals surface area contributed by atoms with Crippen LogP contribution in [0.5, 0.6) is 0 Å². The number of nitrogens with two attached hydrogens (primary N) is 1. The molecule has 3 nitrogen and oxygen atoms in total. The van der Waals surface area contributed by atoms with E-state index in [1.165, 1.54) is 0 Å². The highest BCUT2D eigenvalue weighted by molar-refractivity contribution is 7.84. The first-order chi connectivity index (χ1) is 7.11. The molecule has 2 unspecified atom stereocenters. The molecule has 0 aliphatic carbocycles. The van der Waals surface area contributed by atoms with Crippen LogP contribution in [-0.2, 0) is 16.6 Å². The minimum Gasteiger partial charge on any atom is -0.391 e. The number of benzene rings is 1. The van der Waals surface area contributed by atoms with Crippen LogP contribution >= 0.6 is 0 Å². The van der Waals surface area contributed by atoms with Crippen LogP contribution in [0, 0.1) is 6.92 Å². The van der Waals surface area contributed by atoms with Crippen LogP contribution in [0.2, 0.25) is 0 Å². The minimum atomic E-state index is -1.04. The molecular formula is C11H17NO2S. The summed E-state index contributed by atoms with van der Waals surface area (Å²) >= 11 is 0. The summed E-state index contributed by atoms with van der Waals surface area (Å²) in [7, 11) is -1.04. The van der Waals surface area contributed by atoms with Gasteiger partial charge < -0.3 is 10.8 Å². The second-order valence-electron chi connectivity index (χ2n) is 3.63. The van der Waals surface area contributed by atoms with E-state index in [0.29, 0.717) is 5.75 Å². The van der Waals surface area contributed by atoms with Crippen LogP contribution in [-0.4, -0.2) is 27.7 Å². The SMILES string of the molecule is Cc1cccc(CS(=O)CC(O)CN)c1. The van der Waals surface area contributed by atoms with E-state index in [1.54, 1.807) is 0 Å². The van der Waals surface area contributed by atoms with Crippen molar-refractivity contribution >= 4 is 10.8 Å². The second kappa shape index (κ2) is 6.00. The minimum absolute atomic E-state index is 0.166. The molecule has 0 bridgehead atoms. The average Bonchev–Trinajstić information content (AvgIpc) is 2.17. The number of hydrogen-bond donors (Lipinski definition) is 2. The molecule has 0 heterocycles. The van der Waals surface area contributed by atoms with Gasteiger partial charge in [-0.1, -0.05) is 29.8 Å². The zero-order chi connectivity index (χ0) is 11.3. The molecule has 0 spiro atoms. The van der Waals surface area contributed by atoms with Crippen LogP contribution in [0.4, 0.5) is 0 Å². The first-order valence-corrected chi connectivity index (χ1v) is 6.39. The van der Waals surface area contributed by atoms with Crippen molar-refractivity contribution in [2.24, 2.45) is 5.73 Å². The lowest BCUT2D eigenvalue weighted by Crippen LogP contribution is -2.26. The Morgan fingerprint density at radius 1 is 1.53 bits per heavy atom. The molecular weight excluding hydrogens is 210 g/mol. The lowest BCUT2D eigenvalue weighted by Gasteiger charge is -2.07. The molecule has 0 amide bonds. The van der Waals surface area contributed by atoms with Gasteiger partial charge in [-0.25, -0.2) is 0 Å². The Bertz CT molecular complexity index is 341. The Balaban J connectivity index is 2.51. The molecule has 4 heteroatoms. The van der Waals surface area contributed by atoms with Gasteiger partial charge in [-0.3, -0.25) is 4.21 Å². The third-order valence-electron chi connectivity index (χ3n) is 2.06. The van der Waals surface area contributed by atoms with Crippen LogP contribution in [0.1, 0.15) is 11.1 Å². The average molecular weight is 227 g/mol. The standard InChI is InChI=1S/C11H17NO2S/c1-9-3-2-4-10(5-9)7-15(14)8-11(13)6-12/h2-5,11,13H,6-8,12H2,1H3. The lowest BCUT2D eigenvalue weighted by atomic mass is 10.2. The van der Waals surface area contributed by atoms with Gasteiger partial charge in [0, 0.05) is 23.1 Å². The molecule has 0 fully saturated rings. The monoisotopic (exact) mass is 227 g/mol. The van der Waals surface area contributed by atoms with Gasteiger partial charge in [0.05, 0.1) is 11.9 Å². The van der Waals surface area contributed by atoms with Gasteiger partial charge in [0.1, 0.15) is 0 Å². The summed E-state index contributed by atoms with van der Waals surface area (Å²) in [5.41, 5.74) is 7.45. The Morgan fingerprint density at radius 3 is 2.87 bits per heavy atom. The molecule has 1 aromatic carbocycles. The van der Waals surface area contributed by atoms with Crippen molar-refractivity contribution in [3.63, 3.8) is 0 Å². The van der Waals surface area contributed by atoms with Crippen LogP contribution in [0.15, 0.2) is 24.3 Å². The highest BCUT2D eigenvalue weighted by atomic mass is 32.2. The van der Waals surface area contributed by atoms with Crippen molar-refractivity contribution in [2.45, 2.75) is 18.8 Å². The third-order valence-corrected chi connectivity index (χ3v) is 3.47. The molecule has 15 heavy (non-hydrogen) atoms. The zero-order valence-corrected chi connectivity index (χ0v) is 9.67. The fourth-order valence-electron chi connectivity index (χ4n) is 1.33. The smallest absolute Gasteiger partial charge is 0.0777 e. The molecule has 0 aliphatic heterocycles. The number of hydrogen-bond acceptors (Lipinski definition) is 3. The Labute approximate surface area is 92.8 Å². The summed E-state index contributed by atoms with van der Waals surface area (Å²) in [6.07, 6.45) is -0.657. The molecule has 2 atom stereocenters. The highest BCUT2D eigenvalue weighted by Crippen LogP contribution is 2.07. The van der Waals surface area contributed by atoms with Gasteiger partial charge in [0.2, 0.25) is 0 Å². The van der Waals surface area contributed by atoms with Gasteiger partial charge in [-0.05, 0) is 12.5 Å². The van der Waals surface area contributed by atoms with E-state index < -0.39 is 16.9 Å². The molecule has 84 valence electrons. The quantitative estimate of drug-likeness (QED) is 0.772. The maximum Gasteiger partial charge on any atom is 0.0777 e. The van der Waals surface area contributed by atoms with Gasteiger partial charge >= 0.3 is 0 Å². The topological polar surface area (TPSA) is 63.3 Å². The van der Waals surface area contributed by atoms with Crippen LogP contribution in [0.25, 0.3) is 0 Å². The van der Waals surface area contributed by atoms with Gasteiger partial charge in [0.15, 0.2) is 0 Å². The van der Waals surface area contributed by atoms with Crippen molar-refractivity contribution < 1.29 is 9.32 Å². The van der Waals surface area contributed by atoms with Crippen molar-refractivity contribution in [1.29, 1.82) is 0 Å². The van der Waals surface area contributed by atoms with Crippen molar-refractivity contribution in [3.8, 4) is 0 Å². The molecule has 0 saturated heterocycles. The predicted molar refractivity (Wildman–Crippen MR) is 63.0 cm³/mol. The van der Waals surface area contributed by atoms with E-state index >= 15 is 0 Å². The summed E-state index contributed by atoms with van der Waals surface area (Å²) in [5.74, 6) is 0.739. The maximum absolute atomic E-state index is 11.6. The second-order valence-corrected chi connectivity index (χ2v) is 5.13. The summed E-state index contributed by atoms with van der Waals surface area (Å²) in [4.78, 5) is 0. The highest BCUT2D eigenvalue weighted by Gasteiger charge is 2.08. The van der Waals surface area contributed by atoms with E-state index in [-0.39, 0.29) is 12.3 Å². The lowest BCUT2D eigenvalue weighted by molar-refractivity contribution is 0.207. The van der Waals surface area contributed by atoms with Crippen LogP contribution in [0.3, 0.4) is 0 Å². The number of aryl methyl sites for hydroxylation is 1. The van der Waals surface area contributed by atoms with E-state index in [9.17, 15) is 9.32 Å². The van der Waals surface area contributed by atoms with Crippen molar-refractivity contribution in [3.05, 3.63) is 35.4 Å².